The smallest absolute Gasteiger partial charge is 0.258 e. The molecule has 1 aliphatic rings. The lowest BCUT2D eigenvalue weighted by Crippen LogP contribution is -2.26. The van der Waals surface area contributed by atoms with Crippen LogP contribution >= 0.6 is 0 Å². The minimum absolute atomic E-state index is 0.0479. The van der Waals surface area contributed by atoms with Crippen molar-refractivity contribution in [1.82, 2.24) is 15.3 Å². The summed E-state index contributed by atoms with van der Waals surface area (Å²) < 4.78 is 10.7. The van der Waals surface area contributed by atoms with Crippen LogP contribution in [0.3, 0.4) is 0 Å². The maximum Gasteiger partial charge on any atom is 0.258 e. The van der Waals surface area contributed by atoms with E-state index in [1.54, 1.807) is 6.07 Å². The molecular weight excluding hydrogens is 358 g/mol. The number of hydrogen-bond acceptors (Lipinski definition) is 5. The predicted octanol–water partition coefficient (Wildman–Crippen LogP) is 2.85. The van der Waals surface area contributed by atoms with E-state index in [-0.39, 0.29) is 24.3 Å². The summed E-state index contributed by atoms with van der Waals surface area (Å²) >= 11 is 0. The van der Waals surface area contributed by atoms with Crippen molar-refractivity contribution in [3.63, 3.8) is 0 Å². The molecule has 0 saturated carbocycles. The summed E-state index contributed by atoms with van der Waals surface area (Å²) in [5, 5.41) is 3.56. The molecule has 2 aromatic carbocycles. The molecular formula is C21H21N3O4. The molecule has 3 aromatic rings. The third-order valence-corrected chi connectivity index (χ3v) is 4.75. The van der Waals surface area contributed by atoms with E-state index in [4.69, 9.17) is 9.47 Å². The maximum absolute atomic E-state index is 12.3. The summed E-state index contributed by atoms with van der Waals surface area (Å²) in [6.07, 6.45) is 1.48. The molecule has 0 aliphatic carbocycles. The molecule has 0 unspecified atom stereocenters. The van der Waals surface area contributed by atoms with Gasteiger partial charge in [-0.1, -0.05) is 18.2 Å². The first-order chi connectivity index (χ1) is 13.6. The van der Waals surface area contributed by atoms with Gasteiger partial charge in [-0.25, -0.2) is 4.98 Å². The van der Waals surface area contributed by atoms with Gasteiger partial charge in [-0.2, -0.15) is 0 Å². The van der Waals surface area contributed by atoms with Crippen LogP contribution in [0.5, 0.6) is 11.5 Å². The van der Waals surface area contributed by atoms with Crippen LogP contribution in [0, 0.1) is 0 Å². The van der Waals surface area contributed by atoms with Crippen LogP contribution in [0.4, 0.5) is 0 Å². The third kappa shape index (κ3) is 3.83. The van der Waals surface area contributed by atoms with Gasteiger partial charge in [-0.05, 0) is 43.2 Å². The van der Waals surface area contributed by atoms with Gasteiger partial charge in [0, 0.05) is 12.8 Å². The molecule has 4 rings (SSSR count). The summed E-state index contributed by atoms with van der Waals surface area (Å²) in [6.45, 7) is 2.15. The highest BCUT2D eigenvalue weighted by molar-refractivity contribution is 5.77. The molecule has 0 fully saturated rings. The zero-order valence-electron chi connectivity index (χ0n) is 15.5. The topological polar surface area (TPSA) is 93.3 Å². The average Bonchev–Trinajstić information content (AvgIpc) is 3.16. The number of carbonyl (C=O) groups is 1. The SMILES string of the molecule is C[C@H](NC(=O)CCCc1nc2ccccc2c(=O)[nH]1)c1ccc2c(c1)OCO2. The highest BCUT2D eigenvalue weighted by Gasteiger charge is 2.16. The third-order valence-electron chi connectivity index (χ3n) is 4.75. The Balaban J connectivity index is 1.31. The van der Waals surface area contributed by atoms with E-state index in [2.05, 4.69) is 15.3 Å². The number of fused-ring (bicyclic) bond motifs is 2. The molecule has 1 amide bonds. The fourth-order valence-electron chi connectivity index (χ4n) is 3.25. The second kappa shape index (κ2) is 7.72. The van der Waals surface area contributed by atoms with Crippen LogP contribution in [-0.2, 0) is 11.2 Å². The first-order valence-corrected chi connectivity index (χ1v) is 9.27. The van der Waals surface area contributed by atoms with E-state index in [9.17, 15) is 9.59 Å². The number of aryl methyl sites for hydroxylation is 1. The minimum atomic E-state index is -0.151. The van der Waals surface area contributed by atoms with Crippen LogP contribution in [0.15, 0.2) is 47.3 Å². The van der Waals surface area contributed by atoms with E-state index in [0.29, 0.717) is 41.7 Å². The monoisotopic (exact) mass is 379 g/mol. The fourth-order valence-corrected chi connectivity index (χ4v) is 3.25. The average molecular weight is 379 g/mol. The normalized spacial score (nSPS) is 13.5. The van der Waals surface area contributed by atoms with Gasteiger partial charge >= 0.3 is 0 Å². The Morgan fingerprint density at radius 1 is 1.21 bits per heavy atom. The summed E-state index contributed by atoms with van der Waals surface area (Å²) in [5.41, 5.74) is 1.47. The standard InChI is InChI=1S/C21H21N3O4/c1-13(14-9-10-17-18(11-14)28-12-27-17)22-20(25)8-4-7-19-23-16-6-3-2-5-15(16)21(26)24-19/h2-3,5-6,9-11,13H,4,7-8,12H2,1H3,(H,22,25)(H,23,24,26)/t13-/m0/s1. The van der Waals surface area contributed by atoms with Gasteiger partial charge < -0.3 is 19.8 Å². The van der Waals surface area contributed by atoms with Crippen molar-refractivity contribution in [3.05, 3.63) is 64.2 Å². The van der Waals surface area contributed by atoms with Crippen LogP contribution in [0.1, 0.15) is 37.2 Å². The van der Waals surface area contributed by atoms with Gasteiger partial charge in [0.2, 0.25) is 12.7 Å². The largest absolute Gasteiger partial charge is 0.454 e. The molecule has 0 spiro atoms. The van der Waals surface area contributed by atoms with Gasteiger partial charge in [0.1, 0.15) is 5.82 Å². The van der Waals surface area contributed by atoms with Gasteiger partial charge in [-0.15, -0.1) is 0 Å². The number of nitrogens with one attached hydrogen (secondary N) is 2. The molecule has 0 saturated heterocycles. The van der Waals surface area contributed by atoms with E-state index in [1.807, 2.05) is 43.3 Å². The van der Waals surface area contributed by atoms with Gasteiger partial charge in [0.15, 0.2) is 11.5 Å². The molecule has 2 N–H and O–H groups in total. The Labute approximate surface area is 161 Å². The lowest BCUT2D eigenvalue weighted by molar-refractivity contribution is -0.121. The van der Waals surface area contributed by atoms with Crippen molar-refractivity contribution in [1.29, 1.82) is 0 Å². The molecule has 7 heteroatoms. The maximum atomic E-state index is 12.3. The molecule has 1 aromatic heterocycles. The number of para-hydroxylation sites is 1. The molecule has 7 nitrogen and oxygen atoms in total. The molecule has 1 atom stereocenters. The van der Waals surface area contributed by atoms with Crippen LogP contribution < -0.4 is 20.3 Å². The Morgan fingerprint density at radius 2 is 2.04 bits per heavy atom. The van der Waals surface area contributed by atoms with E-state index in [0.717, 1.165) is 11.3 Å². The van der Waals surface area contributed by atoms with Crippen molar-refractivity contribution in [2.24, 2.45) is 0 Å². The number of benzene rings is 2. The van der Waals surface area contributed by atoms with Crippen molar-refractivity contribution in [2.45, 2.75) is 32.2 Å². The molecule has 0 radical (unpaired) electrons. The number of aromatic amines is 1. The van der Waals surface area contributed by atoms with Crippen LogP contribution in [0.25, 0.3) is 10.9 Å². The summed E-state index contributed by atoms with van der Waals surface area (Å²) in [6, 6.07) is 12.7. The second-order valence-corrected chi connectivity index (χ2v) is 6.79. The Morgan fingerprint density at radius 3 is 2.93 bits per heavy atom. The van der Waals surface area contributed by atoms with Crippen molar-refractivity contribution in [2.75, 3.05) is 6.79 Å². The quantitative estimate of drug-likeness (QED) is 0.687. The van der Waals surface area contributed by atoms with Gasteiger partial charge in [0.05, 0.1) is 16.9 Å². The first kappa shape index (κ1) is 18.0. The Hall–Kier alpha value is -3.35. The van der Waals surface area contributed by atoms with E-state index < -0.39 is 0 Å². The highest BCUT2D eigenvalue weighted by Crippen LogP contribution is 2.34. The Kier molecular flexibility index (Phi) is 4.97. The zero-order chi connectivity index (χ0) is 19.5. The Bertz CT molecular complexity index is 1080. The van der Waals surface area contributed by atoms with Crippen molar-refractivity contribution >= 4 is 16.8 Å². The van der Waals surface area contributed by atoms with Crippen LogP contribution in [0.2, 0.25) is 0 Å². The van der Waals surface area contributed by atoms with Gasteiger partial charge in [-0.3, -0.25) is 9.59 Å². The summed E-state index contributed by atoms with van der Waals surface area (Å²) in [5.74, 6) is 1.97. The lowest BCUT2D eigenvalue weighted by atomic mass is 10.1. The second-order valence-electron chi connectivity index (χ2n) is 6.79. The number of amides is 1. The van der Waals surface area contributed by atoms with E-state index >= 15 is 0 Å². The van der Waals surface area contributed by atoms with E-state index in [1.165, 1.54) is 0 Å². The lowest BCUT2D eigenvalue weighted by Gasteiger charge is -2.15. The molecule has 2 heterocycles. The first-order valence-electron chi connectivity index (χ1n) is 9.27. The number of aromatic nitrogens is 2. The number of nitrogens with zero attached hydrogens (tertiary/aromatic N) is 1. The minimum Gasteiger partial charge on any atom is -0.454 e. The van der Waals surface area contributed by atoms with Crippen LogP contribution in [-0.4, -0.2) is 22.7 Å². The summed E-state index contributed by atoms with van der Waals surface area (Å²) in [7, 11) is 0. The van der Waals surface area contributed by atoms with Crippen molar-refractivity contribution in [3.8, 4) is 11.5 Å². The highest BCUT2D eigenvalue weighted by atomic mass is 16.7. The predicted molar refractivity (Wildman–Crippen MR) is 104 cm³/mol. The number of ether oxygens (including phenoxy) is 2. The number of carbonyl (C=O) groups excluding carboxylic acids is 1. The number of hydrogen-bond donors (Lipinski definition) is 2. The fraction of sp³-hybridized carbons (Fsp3) is 0.286. The number of H-pyrrole nitrogens is 1. The molecule has 0 bridgehead atoms. The molecule has 1 aliphatic heterocycles. The molecule has 144 valence electrons. The number of rotatable bonds is 6. The summed E-state index contributed by atoms with van der Waals surface area (Å²) in [4.78, 5) is 31.6. The van der Waals surface area contributed by atoms with Gasteiger partial charge in [0.25, 0.3) is 5.56 Å². The van der Waals surface area contributed by atoms with Crippen molar-refractivity contribution < 1.29 is 14.3 Å². The zero-order valence-corrected chi connectivity index (χ0v) is 15.5. The molecule has 28 heavy (non-hydrogen) atoms.